The Kier molecular flexibility index (Phi) is 6.95. The van der Waals surface area contributed by atoms with Gasteiger partial charge >= 0.3 is 11.8 Å². The first-order valence-electron chi connectivity index (χ1n) is 9.50. The van der Waals surface area contributed by atoms with Gasteiger partial charge in [0.1, 0.15) is 12.4 Å². The minimum Gasteiger partial charge on any atom is -0.489 e. The minimum atomic E-state index is -0.838. The molecule has 3 rings (SSSR count). The van der Waals surface area contributed by atoms with Crippen molar-refractivity contribution in [3.63, 3.8) is 0 Å². The molecule has 0 unspecified atom stereocenters. The second-order valence-electron chi connectivity index (χ2n) is 6.74. The summed E-state index contributed by atoms with van der Waals surface area (Å²) in [5.41, 5.74) is 6.63. The van der Waals surface area contributed by atoms with Crippen LogP contribution in [0.4, 0.5) is 5.69 Å². The molecule has 6 nitrogen and oxygen atoms in total. The number of benzene rings is 3. The Bertz CT molecular complexity index is 1050. The lowest BCUT2D eigenvalue weighted by Gasteiger charge is -2.09. The normalized spacial score (nSPS) is 10.6. The van der Waals surface area contributed by atoms with Crippen molar-refractivity contribution in [2.45, 2.75) is 20.5 Å². The van der Waals surface area contributed by atoms with Crippen molar-refractivity contribution >= 4 is 23.7 Å². The number of hydrogen-bond donors (Lipinski definition) is 2. The molecule has 0 atom stereocenters. The summed E-state index contributed by atoms with van der Waals surface area (Å²) in [6.45, 7) is 4.31. The van der Waals surface area contributed by atoms with Gasteiger partial charge in [-0.2, -0.15) is 5.10 Å². The van der Waals surface area contributed by atoms with Crippen LogP contribution >= 0.6 is 0 Å². The molecule has 2 N–H and O–H groups in total. The van der Waals surface area contributed by atoms with Gasteiger partial charge in [0.25, 0.3) is 0 Å². The van der Waals surface area contributed by atoms with E-state index in [1.807, 2.05) is 80.6 Å². The van der Waals surface area contributed by atoms with Gasteiger partial charge in [-0.1, -0.05) is 42.5 Å². The first-order valence-corrected chi connectivity index (χ1v) is 9.50. The summed E-state index contributed by atoms with van der Waals surface area (Å²) >= 11 is 0. The second kappa shape index (κ2) is 10.0. The molecule has 0 radical (unpaired) electrons. The monoisotopic (exact) mass is 401 g/mol. The van der Waals surface area contributed by atoms with Crippen molar-refractivity contribution in [3.05, 3.63) is 95.1 Å². The molecule has 0 aliphatic heterocycles. The van der Waals surface area contributed by atoms with Crippen LogP contribution in [-0.2, 0) is 16.2 Å². The van der Waals surface area contributed by atoms with Crippen molar-refractivity contribution in [3.8, 4) is 5.75 Å². The van der Waals surface area contributed by atoms with Gasteiger partial charge in [-0.25, -0.2) is 5.43 Å². The highest BCUT2D eigenvalue weighted by molar-refractivity contribution is 6.39. The van der Waals surface area contributed by atoms with E-state index in [2.05, 4.69) is 15.8 Å². The predicted molar refractivity (Wildman–Crippen MR) is 117 cm³/mol. The van der Waals surface area contributed by atoms with E-state index >= 15 is 0 Å². The van der Waals surface area contributed by atoms with Gasteiger partial charge in [0.2, 0.25) is 0 Å². The summed E-state index contributed by atoms with van der Waals surface area (Å²) in [4.78, 5) is 24.0. The fraction of sp³-hybridized carbons (Fsp3) is 0.125. The van der Waals surface area contributed by atoms with Crippen LogP contribution in [0.5, 0.6) is 5.75 Å². The number of rotatable bonds is 6. The summed E-state index contributed by atoms with van der Waals surface area (Å²) in [7, 11) is 0. The van der Waals surface area contributed by atoms with Crippen LogP contribution in [0.15, 0.2) is 77.9 Å². The fourth-order valence-corrected chi connectivity index (χ4v) is 2.67. The van der Waals surface area contributed by atoms with Gasteiger partial charge in [-0.3, -0.25) is 9.59 Å². The topological polar surface area (TPSA) is 79.8 Å². The van der Waals surface area contributed by atoms with E-state index in [-0.39, 0.29) is 0 Å². The zero-order valence-corrected chi connectivity index (χ0v) is 16.9. The van der Waals surface area contributed by atoms with Gasteiger partial charge in [0, 0.05) is 5.69 Å². The largest absolute Gasteiger partial charge is 0.489 e. The number of anilines is 1. The van der Waals surface area contributed by atoms with E-state index in [0.29, 0.717) is 12.3 Å². The number of ether oxygens (including phenoxy) is 1. The minimum absolute atomic E-state index is 0.486. The molecule has 3 aromatic carbocycles. The molecule has 0 fully saturated rings. The van der Waals surface area contributed by atoms with Gasteiger partial charge in [0.15, 0.2) is 0 Å². The molecule has 0 saturated carbocycles. The molecule has 0 saturated heterocycles. The van der Waals surface area contributed by atoms with Crippen LogP contribution in [0.25, 0.3) is 0 Å². The Morgan fingerprint density at radius 2 is 1.63 bits per heavy atom. The third-order valence-electron chi connectivity index (χ3n) is 4.57. The number of aryl methyl sites for hydroxylation is 1. The maximum Gasteiger partial charge on any atom is 0.329 e. The van der Waals surface area contributed by atoms with Gasteiger partial charge in [-0.15, -0.1) is 0 Å². The highest BCUT2D eigenvalue weighted by Gasteiger charge is 2.14. The fourth-order valence-electron chi connectivity index (χ4n) is 2.67. The van der Waals surface area contributed by atoms with Crippen LogP contribution in [0.1, 0.15) is 22.3 Å². The molecule has 0 spiro atoms. The van der Waals surface area contributed by atoms with Crippen LogP contribution in [0.2, 0.25) is 0 Å². The van der Waals surface area contributed by atoms with E-state index in [1.165, 1.54) is 6.21 Å². The lowest BCUT2D eigenvalue weighted by atomic mass is 10.1. The standard InChI is InChI=1S/C24H23N3O3/c1-17-7-6-10-22(18(17)2)26-23(28)24(29)27-25-15-19-11-13-21(14-12-19)30-16-20-8-4-3-5-9-20/h3-15H,16H2,1-2H3,(H,26,28)(H,27,29)/b25-15+. The molecule has 3 aromatic rings. The summed E-state index contributed by atoms with van der Waals surface area (Å²) in [6.07, 6.45) is 1.46. The highest BCUT2D eigenvalue weighted by atomic mass is 16.5. The molecule has 0 aliphatic rings. The second-order valence-corrected chi connectivity index (χ2v) is 6.74. The Labute approximate surface area is 175 Å². The molecule has 0 aromatic heterocycles. The van der Waals surface area contributed by atoms with Crippen LogP contribution in [0, 0.1) is 13.8 Å². The van der Waals surface area contributed by atoms with E-state index in [0.717, 1.165) is 28.0 Å². The van der Waals surface area contributed by atoms with Crippen molar-refractivity contribution in [2.75, 3.05) is 5.32 Å². The van der Waals surface area contributed by atoms with E-state index in [9.17, 15) is 9.59 Å². The van der Waals surface area contributed by atoms with Crippen molar-refractivity contribution < 1.29 is 14.3 Å². The van der Waals surface area contributed by atoms with E-state index in [4.69, 9.17) is 4.74 Å². The Morgan fingerprint density at radius 3 is 2.37 bits per heavy atom. The summed E-state index contributed by atoms with van der Waals surface area (Å²) < 4.78 is 5.73. The third-order valence-corrected chi connectivity index (χ3v) is 4.57. The van der Waals surface area contributed by atoms with E-state index < -0.39 is 11.8 Å². The summed E-state index contributed by atoms with van der Waals surface area (Å²) in [5, 5.41) is 6.43. The highest BCUT2D eigenvalue weighted by Crippen LogP contribution is 2.17. The zero-order chi connectivity index (χ0) is 21.3. The number of nitrogens with zero attached hydrogens (tertiary/aromatic N) is 1. The van der Waals surface area contributed by atoms with Crippen LogP contribution in [0.3, 0.4) is 0 Å². The zero-order valence-electron chi connectivity index (χ0n) is 16.9. The smallest absolute Gasteiger partial charge is 0.329 e. The Balaban J connectivity index is 1.49. The van der Waals surface area contributed by atoms with E-state index in [1.54, 1.807) is 6.07 Å². The molecule has 152 valence electrons. The molecular weight excluding hydrogens is 378 g/mol. The predicted octanol–water partition coefficient (Wildman–Crippen LogP) is 3.97. The average molecular weight is 401 g/mol. The number of carbonyl (C=O) groups excluding carboxylic acids is 2. The SMILES string of the molecule is Cc1cccc(NC(=O)C(=O)N/N=C/c2ccc(OCc3ccccc3)cc2)c1C. The van der Waals surface area contributed by atoms with Crippen molar-refractivity contribution in [1.29, 1.82) is 0 Å². The summed E-state index contributed by atoms with van der Waals surface area (Å²) in [6, 6.07) is 22.7. The van der Waals surface area contributed by atoms with Gasteiger partial charge in [-0.05, 0) is 66.4 Å². The van der Waals surface area contributed by atoms with Gasteiger partial charge < -0.3 is 10.1 Å². The van der Waals surface area contributed by atoms with Gasteiger partial charge in [0.05, 0.1) is 6.21 Å². The lowest BCUT2D eigenvalue weighted by Crippen LogP contribution is -2.32. The Morgan fingerprint density at radius 1 is 0.900 bits per heavy atom. The third kappa shape index (κ3) is 5.78. The van der Waals surface area contributed by atoms with Crippen LogP contribution in [-0.4, -0.2) is 18.0 Å². The molecule has 0 heterocycles. The Hall–Kier alpha value is -3.93. The van der Waals surface area contributed by atoms with Crippen LogP contribution < -0.4 is 15.5 Å². The number of hydrazone groups is 1. The van der Waals surface area contributed by atoms with Crippen molar-refractivity contribution in [2.24, 2.45) is 5.10 Å². The number of nitrogens with one attached hydrogen (secondary N) is 2. The first-order chi connectivity index (χ1) is 14.5. The summed E-state index contributed by atoms with van der Waals surface area (Å²) in [5.74, 6) is -0.881. The molecule has 2 amide bonds. The molecule has 0 bridgehead atoms. The lowest BCUT2D eigenvalue weighted by molar-refractivity contribution is -0.136. The number of amides is 2. The average Bonchev–Trinajstić information content (AvgIpc) is 2.77. The maximum absolute atomic E-state index is 12.0. The first kappa shape index (κ1) is 20.8. The molecular formula is C24H23N3O3. The quantitative estimate of drug-likeness (QED) is 0.373. The number of hydrogen-bond acceptors (Lipinski definition) is 4. The number of carbonyl (C=O) groups is 2. The maximum atomic E-state index is 12.0. The molecule has 30 heavy (non-hydrogen) atoms. The molecule has 0 aliphatic carbocycles. The van der Waals surface area contributed by atoms with Crippen molar-refractivity contribution in [1.82, 2.24) is 5.43 Å². The molecule has 6 heteroatoms.